The number of anilines is 2. The maximum absolute atomic E-state index is 11.4. The van der Waals surface area contributed by atoms with Crippen LogP contribution in [0.5, 0.6) is 23.0 Å². The molecular weight excluding hydrogens is 392 g/mol. The van der Waals surface area contributed by atoms with Gasteiger partial charge in [-0.05, 0) is 0 Å². The predicted octanol–water partition coefficient (Wildman–Crippen LogP) is 4.05. The van der Waals surface area contributed by atoms with Gasteiger partial charge in [-0.3, -0.25) is 9.59 Å². The second-order valence-electron chi connectivity index (χ2n) is 6.02. The molecule has 0 aromatic heterocycles. The van der Waals surface area contributed by atoms with Crippen LogP contribution in [0, 0.1) is 0 Å². The highest BCUT2D eigenvalue weighted by Gasteiger charge is 2.16. The monoisotopic (exact) mass is 416 g/mol. The van der Waals surface area contributed by atoms with E-state index in [0.29, 0.717) is 45.7 Å². The number of carbonyl (C=O) groups excluding carboxylic acids is 2. The zero-order valence-corrected chi connectivity index (χ0v) is 17.7. The molecule has 0 fully saturated rings. The molecule has 0 radical (unpaired) electrons. The van der Waals surface area contributed by atoms with E-state index in [2.05, 4.69) is 20.9 Å². The van der Waals surface area contributed by atoms with Crippen molar-refractivity contribution in [2.75, 3.05) is 39.1 Å². The van der Waals surface area contributed by atoms with Crippen LogP contribution in [-0.2, 0) is 9.59 Å². The number of rotatable bonds is 8. The smallest absolute Gasteiger partial charge is 0.221 e. The van der Waals surface area contributed by atoms with E-state index in [4.69, 9.17) is 18.9 Å². The molecule has 0 saturated carbocycles. The van der Waals surface area contributed by atoms with Gasteiger partial charge in [-0.25, -0.2) is 0 Å². The number of carbonyl (C=O) groups is 2. The first-order chi connectivity index (χ1) is 14.3. The molecule has 0 spiro atoms. The number of methoxy groups -OCH3 is 4. The number of nitrogens with one attached hydrogen (secondary N) is 2. The molecule has 2 N–H and O–H groups in total. The van der Waals surface area contributed by atoms with Crippen LogP contribution < -0.4 is 29.6 Å². The van der Waals surface area contributed by atoms with Gasteiger partial charge in [0, 0.05) is 49.5 Å². The molecule has 10 heteroatoms. The van der Waals surface area contributed by atoms with E-state index in [0.717, 1.165) is 0 Å². The third-order valence-electron chi connectivity index (χ3n) is 3.85. The van der Waals surface area contributed by atoms with E-state index >= 15 is 0 Å². The Hall–Kier alpha value is -3.82. The lowest BCUT2D eigenvalue weighted by Gasteiger charge is -2.14. The first kappa shape index (κ1) is 22.5. The van der Waals surface area contributed by atoms with Crippen LogP contribution in [0.2, 0.25) is 0 Å². The zero-order valence-electron chi connectivity index (χ0n) is 17.7. The molecule has 0 saturated heterocycles. The molecule has 0 aliphatic carbocycles. The molecule has 10 nitrogen and oxygen atoms in total. The Labute approximate surface area is 174 Å². The molecule has 2 aromatic rings. The predicted molar refractivity (Wildman–Crippen MR) is 112 cm³/mol. The van der Waals surface area contributed by atoms with Gasteiger partial charge in [0.15, 0.2) is 34.4 Å². The van der Waals surface area contributed by atoms with Crippen molar-refractivity contribution in [2.45, 2.75) is 13.8 Å². The summed E-state index contributed by atoms with van der Waals surface area (Å²) in [5.41, 5.74) is 1.60. The van der Waals surface area contributed by atoms with Gasteiger partial charge in [0.05, 0.1) is 28.4 Å². The third kappa shape index (κ3) is 5.37. The molecule has 0 atom stereocenters. The summed E-state index contributed by atoms with van der Waals surface area (Å²) >= 11 is 0. The van der Waals surface area contributed by atoms with E-state index in [1.54, 1.807) is 24.3 Å². The molecule has 0 heterocycles. The van der Waals surface area contributed by atoms with Gasteiger partial charge in [-0.15, -0.1) is 10.2 Å². The highest BCUT2D eigenvalue weighted by Crippen LogP contribution is 2.45. The summed E-state index contributed by atoms with van der Waals surface area (Å²) in [5, 5.41) is 13.9. The van der Waals surface area contributed by atoms with Crippen LogP contribution in [0.1, 0.15) is 13.8 Å². The van der Waals surface area contributed by atoms with Gasteiger partial charge < -0.3 is 29.6 Å². The summed E-state index contributed by atoms with van der Waals surface area (Å²) in [6.45, 7) is 2.80. The number of benzene rings is 2. The molecule has 0 aliphatic heterocycles. The van der Waals surface area contributed by atoms with Crippen molar-refractivity contribution in [1.29, 1.82) is 0 Å². The summed E-state index contributed by atoms with van der Waals surface area (Å²) in [5.74, 6) is 0.901. The van der Waals surface area contributed by atoms with Crippen LogP contribution in [0.4, 0.5) is 22.7 Å². The summed E-state index contributed by atoms with van der Waals surface area (Å²) < 4.78 is 21.5. The number of hydrogen-bond donors (Lipinski definition) is 2. The molecule has 2 rings (SSSR count). The molecule has 0 bridgehead atoms. The molecule has 2 aromatic carbocycles. The Morgan fingerprint density at radius 1 is 0.633 bits per heavy atom. The Kier molecular flexibility index (Phi) is 7.56. The Morgan fingerprint density at radius 3 is 1.10 bits per heavy atom. The lowest BCUT2D eigenvalue weighted by molar-refractivity contribution is -0.115. The van der Waals surface area contributed by atoms with Crippen molar-refractivity contribution in [1.82, 2.24) is 0 Å². The van der Waals surface area contributed by atoms with Crippen molar-refractivity contribution in [2.24, 2.45) is 10.2 Å². The quantitative estimate of drug-likeness (QED) is 0.627. The minimum atomic E-state index is -0.234. The van der Waals surface area contributed by atoms with Crippen LogP contribution in [0.25, 0.3) is 0 Å². The topological polar surface area (TPSA) is 120 Å². The first-order valence-corrected chi connectivity index (χ1v) is 8.81. The van der Waals surface area contributed by atoms with Gasteiger partial charge in [-0.2, -0.15) is 0 Å². The van der Waals surface area contributed by atoms with E-state index < -0.39 is 0 Å². The summed E-state index contributed by atoms with van der Waals surface area (Å²) in [7, 11) is 5.87. The number of amides is 2. The minimum Gasteiger partial charge on any atom is -0.494 e. The van der Waals surface area contributed by atoms with Crippen molar-refractivity contribution >= 4 is 34.6 Å². The lowest BCUT2D eigenvalue weighted by Crippen LogP contribution is -2.06. The van der Waals surface area contributed by atoms with Gasteiger partial charge in [0.1, 0.15) is 0 Å². The zero-order chi connectivity index (χ0) is 22.3. The third-order valence-corrected chi connectivity index (χ3v) is 3.85. The fourth-order valence-corrected chi connectivity index (χ4v) is 2.63. The molecule has 2 amide bonds. The van der Waals surface area contributed by atoms with E-state index in [-0.39, 0.29) is 11.8 Å². The highest BCUT2D eigenvalue weighted by atomic mass is 16.5. The number of azo groups is 1. The summed E-state index contributed by atoms with van der Waals surface area (Å²) in [4.78, 5) is 22.7. The molecule has 30 heavy (non-hydrogen) atoms. The van der Waals surface area contributed by atoms with Crippen molar-refractivity contribution in [3.05, 3.63) is 24.3 Å². The molecule has 0 aliphatic rings. The highest BCUT2D eigenvalue weighted by molar-refractivity contribution is 5.91. The standard InChI is InChI=1S/C20H24N4O6/c1-11(25)21-13-7-15(27-3)19(16(8-13)28-4)23-24-20-17(29-5)9-14(22-12(2)26)10-18(20)30-6/h7-10H,1-6H3,(H,21,25)(H,22,26). The number of ether oxygens (including phenoxy) is 4. The largest absolute Gasteiger partial charge is 0.494 e. The number of nitrogens with zero attached hydrogens (tertiary/aromatic N) is 2. The molecule has 0 unspecified atom stereocenters. The fraction of sp³-hybridized carbons (Fsp3) is 0.300. The van der Waals surface area contributed by atoms with Crippen molar-refractivity contribution in [3.63, 3.8) is 0 Å². The fourth-order valence-electron chi connectivity index (χ4n) is 2.63. The summed E-state index contributed by atoms with van der Waals surface area (Å²) in [6.07, 6.45) is 0. The van der Waals surface area contributed by atoms with Crippen LogP contribution >= 0.6 is 0 Å². The van der Waals surface area contributed by atoms with Crippen molar-refractivity contribution in [3.8, 4) is 23.0 Å². The molecule has 160 valence electrons. The Balaban J connectivity index is 2.55. The van der Waals surface area contributed by atoms with E-state index in [1.807, 2.05) is 0 Å². The van der Waals surface area contributed by atoms with Gasteiger partial charge >= 0.3 is 0 Å². The van der Waals surface area contributed by atoms with Crippen LogP contribution in [0.3, 0.4) is 0 Å². The minimum absolute atomic E-state index is 0.234. The SMILES string of the molecule is COc1cc(NC(C)=O)cc(OC)c1N=Nc1c(OC)cc(NC(C)=O)cc1OC. The van der Waals surface area contributed by atoms with Gasteiger partial charge in [-0.1, -0.05) is 0 Å². The van der Waals surface area contributed by atoms with Crippen molar-refractivity contribution < 1.29 is 28.5 Å². The van der Waals surface area contributed by atoms with E-state index in [1.165, 1.54) is 42.3 Å². The van der Waals surface area contributed by atoms with Gasteiger partial charge in [0.25, 0.3) is 0 Å². The second-order valence-corrected chi connectivity index (χ2v) is 6.02. The maximum Gasteiger partial charge on any atom is 0.221 e. The Bertz CT molecular complexity index is 846. The van der Waals surface area contributed by atoms with Crippen LogP contribution in [0.15, 0.2) is 34.5 Å². The Morgan fingerprint density at radius 2 is 0.900 bits per heavy atom. The normalized spacial score (nSPS) is 10.5. The number of hydrogen-bond acceptors (Lipinski definition) is 8. The second kappa shape index (κ2) is 10.1. The molecular formula is C20H24N4O6. The maximum atomic E-state index is 11.4. The average Bonchev–Trinajstić information content (AvgIpc) is 2.70. The summed E-state index contributed by atoms with van der Waals surface area (Å²) in [6, 6.07) is 6.42. The average molecular weight is 416 g/mol. The van der Waals surface area contributed by atoms with Crippen LogP contribution in [-0.4, -0.2) is 40.3 Å². The first-order valence-electron chi connectivity index (χ1n) is 8.81. The van der Waals surface area contributed by atoms with E-state index in [9.17, 15) is 9.59 Å². The van der Waals surface area contributed by atoms with Gasteiger partial charge in [0.2, 0.25) is 11.8 Å². The lowest BCUT2D eigenvalue weighted by atomic mass is 10.2.